The van der Waals surface area contributed by atoms with Crippen LogP contribution < -0.4 is 4.90 Å². The average Bonchev–Trinajstić information content (AvgIpc) is 2.78. The fraction of sp³-hybridized carbons (Fsp3) is 0.200. The van der Waals surface area contributed by atoms with Gasteiger partial charge in [-0.1, -0.05) is 42.3 Å². The van der Waals surface area contributed by atoms with Crippen molar-refractivity contribution in [3.63, 3.8) is 0 Å². The van der Waals surface area contributed by atoms with Crippen LogP contribution in [0.1, 0.15) is 23.6 Å². The lowest BCUT2D eigenvalue weighted by atomic mass is 10.1. The average molecular weight is 406 g/mol. The molecule has 0 N–H and O–H groups in total. The molecule has 3 nitrogen and oxygen atoms in total. The number of thioether (sulfide) groups is 1. The van der Waals surface area contributed by atoms with E-state index in [1.165, 1.54) is 16.7 Å². The van der Waals surface area contributed by atoms with Crippen molar-refractivity contribution in [3.05, 3.63) is 68.0 Å². The fourth-order valence-electron chi connectivity index (χ4n) is 3.03. The summed E-state index contributed by atoms with van der Waals surface area (Å²) in [4.78, 5) is 27.9. The molecule has 0 bridgehead atoms. The van der Waals surface area contributed by atoms with E-state index in [4.69, 9.17) is 23.2 Å². The lowest BCUT2D eigenvalue weighted by molar-refractivity contribution is -0.119. The number of aryl methyl sites for hydroxylation is 2. The SMILES string of the molecule is CCSC1=C(c2ccc(Cl)cc2Cl)C(=O)N(c2cc(C)cc(C)c2)C1=O. The highest BCUT2D eigenvalue weighted by Gasteiger charge is 2.40. The molecule has 0 fully saturated rings. The Morgan fingerprint density at radius 2 is 1.62 bits per heavy atom. The molecule has 2 amide bonds. The molecule has 1 aliphatic heterocycles. The van der Waals surface area contributed by atoms with Gasteiger partial charge in [0, 0.05) is 10.6 Å². The summed E-state index contributed by atoms with van der Waals surface area (Å²) in [6, 6.07) is 10.6. The van der Waals surface area contributed by atoms with Crippen LogP contribution in [0.25, 0.3) is 5.57 Å². The Morgan fingerprint density at radius 1 is 0.962 bits per heavy atom. The van der Waals surface area contributed by atoms with Crippen molar-refractivity contribution in [1.82, 2.24) is 0 Å². The molecule has 0 spiro atoms. The van der Waals surface area contributed by atoms with Crippen LogP contribution in [0, 0.1) is 13.8 Å². The molecule has 0 unspecified atom stereocenters. The summed E-state index contributed by atoms with van der Waals surface area (Å²) in [5.41, 5.74) is 3.42. The Morgan fingerprint density at radius 3 is 2.19 bits per heavy atom. The maximum atomic E-state index is 13.2. The molecule has 26 heavy (non-hydrogen) atoms. The van der Waals surface area contributed by atoms with E-state index in [2.05, 4.69) is 0 Å². The molecule has 0 saturated heterocycles. The van der Waals surface area contributed by atoms with Gasteiger partial charge in [0.1, 0.15) is 0 Å². The molecule has 0 aliphatic carbocycles. The number of nitrogens with zero attached hydrogens (tertiary/aromatic N) is 1. The molecule has 2 aromatic rings. The van der Waals surface area contributed by atoms with Gasteiger partial charge in [0.25, 0.3) is 11.8 Å². The van der Waals surface area contributed by atoms with Gasteiger partial charge < -0.3 is 0 Å². The normalized spacial score (nSPS) is 14.6. The third-order valence-corrected chi connectivity index (χ3v) is 5.50. The number of amides is 2. The summed E-state index contributed by atoms with van der Waals surface area (Å²) in [5, 5.41) is 0.831. The highest BCUT2D eigenvalue weighted by atomic mass is 35.5. The lowest BCUT2D eigenvalue weighted by Crippen LogP contribution is -2.31. The first-order valence-electron chi connectivity index (χ1n) is 8.13. The molecular weight excluding hydrogens is 389 g/mol. The van der Waals surface area contributed by atoms with E-state index in [-0.39, 0.29) is 11.8 Å². The van der Waals surface area contributed by atoms with Crippen molar-refractivity contribution in [2.75, 3.05) is 10.7 Å². The molecule has 6 heteroatoms. The zero-order valence-corrected chi connectivity index (χ0v) is 16.9. The molecule has 2 aromatic carbocycles. The summed E-state index contributed by atoms with van der Waals surface area (Å²) in [6.45, 7) is 5.82. The number of anilines is 1. The number of carbonyl (C=O) groups excluding carboxylic acids is 2. The molecule has 1 aliphatic rings. The smallest absolute Gasteiger partial charge is 0.268 e. The maximum Gasteiger partial charge on any atom is 0.272 e. The van der Waals surface area contributed by atoms with Gasteiger partial charge in [-0.2, -0.15) is 0 Å². The van der Waals surface area contributed by atoms with Crippen LogP contribution >= 0.6 is 35.0 Å². The van der Waals surface area contributed by atoms with Crippen LogP contribution in [-0.4, -0.2) is 17.6 Å². The summed E-state index contributed by atoms with van der Waals surface area (Å²) >= 11 is 13.6. The Hall–Kier alpha value is -1.75. The Labute approximate surface area is 167 Å². The van der Waals surface area contributed by atoms with E-state index >= 15 is 0 Å². The molecule has 0 atom stereocenters. The zero-order chi connectivity index (χ0) is 19.0. The van der Waals surface area contributed by atoms with Gasteiger partial charge in [0.05, 0.1) is 21.2 Å². The van der Waals surface area contributed by atoms with Gasteiger partial charge in [-0.05, 0) is 55.0 Å². The molecule has 3 rings (SSSR count). The minimum absolute atomic E-state index is 0.312. The first-order valence-corrected chi connectivity index (χ1v) is 9.87. The highest BCUT2D eigenvalue weighted by molar-refractivity contribution is 8.04. The standard InChI is InChI=1S/C20H17Cl2NO2S/c1-4-26-18-17(15-6-5-13(21)10-16(15)22)19(24)23(20(18)25)14-8-11(2)7-12(3)9-14/h5-10H,4H2,1-3H3. The van der Waals surface area contributed by atoms with E-state index in [9.17, 15) is 9.59 Å². The molecule has 0 aromatic heterocycles. The van der Waals surface area contributed by atoms with Crippen LogP contribution in [0.15, 0.2) is 41.3 Å². The molecular formula is C20H17Cl2NO2S. The van der Waals surface area contributed by atoms with Gasteiger partial charge in [-0.15, -0.1) is 11.8 Å². The summed E-state index contributed by atoms with van der Waals surface area (Å²) in [7, 11) is 0. The van der Waals surface area contributed by atoms with Crippen molar-refractivity contribution in [2.24, 2.45) is 0 Å². The third-order valence-electron chi connectivity index (χ3n) is 4.00. The van der Waals surface area contributed by atoms with Gasteiger partial charge >= 0.3 is 0 Å². The Bertz CT molecular complexity index is 933. The molecule has 134 valence electrons. The van der Waals surface area contributed by atoms with Gasteiger partial charge in [0.2, 0.25) is 0 Å². The number of imide groups is 1. The van der Waals surface area contributed by atoms with Crippen molar-refractivity contribution in [1.29, 1.82) is 0 Å². The predicted molar refractivity (Wildman–Crippen MR) is 110 cm³/mol. The first kappa shape index (κ1) is 19.0. The van der Waals surface area contributed by atoms with Gasteiger partial charge in [0.15, 0.2) is 0 Å². The van der Waals surface area contributed by atoms with E-state index in [1.807, 2.05) is 39.0 Å². The second-order valence-corrected chi connectivity index (χ2v) is 8.17. The Kier molecular flexibility index (Phi) is 5.47. The topological polar surface area (TPSA) is 37.4 Å². The molecule has 0 radical (unpaired) electrons. The van der Waals surface area contributed by atoms with Crippen LogP contribution in [0.3, 0.4) is 0 Å². The van der Waals surface area contributed by atoms with Crippen molar-refractivity contribution < 1.29 is 9.59 Å². The highest BCUT2D eigenvalue weighted by Crippen LogP contribution is 2.41. The fourth-order valence-corrected chi connectivity index (χ4v) is 4.38. The van der Waals surface area contributed by atoms with Gasteiger partial charge in [-0.25, -0.2) is 4.90 Å². The number of halogens is 2. The second-order valence-electron chi connectivity index (χ2n) is 6.05. The van der Waals surface area contributed by atoms with E-state index in [0.717, 1.165) is 11.1 Å². The van der Waals surface area contributed by atoms with E-state index in [0.29, 0.717) is 37.5 Å². The molecule has 1 heterocycles. The number of rotatable bonds is 4. The first-order chi connectivity index (χ1) is 12.3. The quantitative estimate of drug-likeness (QED) is 0.616. The number of carbonyl (C=O) groups is 2. The zero-order valence-electron chi connectivity index (χ0n) is 14.6. The number of hydrogen-bond acceptors (Lipinski definition) is 3. The molecule has 0 saturated carbocycles. The minimum Gasteiger partial charge on any atom is -0.268 e. The summed E-state index contributed by atoms with van der Waals surface area (Å²) < 4.78 is 0. The van der Waals surface area contributed by atoms with Crippen molar-refractivity contribution in [2.45, 2.75) is 20.8 Å². The van der Waals surface area contributed by atoms with E-state index < -0.39 is 0 Å². The monoisotopic (exact) mass is 405 g/mol. The second kappa shape index (κ2) is 7.47. The lowest BCUT2D eigenvalue weighted by Gasteiger charge is -2.17. The van der Waals surface area contributed by atoms with Crippen LogP contribution in [0.5, 0.6) is 0 Å². The largest absolute Gasteiger partial charge is 0.272 e. The van der Waals surface area contributed by atoms with Gasteiger partial charge in [-0.3, -0.25) is 9.59 Å². The van der Waals surface area contributed by atoms with Crippen LogP contribution in [0.4, 0.5) is 5.69 Å². The Balaban J connectivity index is 2.15. The van der Waals surface area contributed by atoms with Crippen LogP contribution in [-0.2, 0) is 9.59 Å². The minimum atomic E-state index is -0.361. The number of benzene rings is 2. The summed E-state index contributed by atoms with van der Waals surface area (Å²) in [5.74, 6) is -0.00273. The van der Waals surface area contributed by atoms with Crippen molar-refractivity contribution in [3.8, 4) is 0 Å². The predicted octanol–water partition coefficient (Wildman–Crippen LogP) is 5.65. The summed E-state index contributed by atoms with van der Waals surface area (Å²) in [6.07, 6.45) is 0. The maximum absolute atomic E-state index is 13.2. The third kappa shape index (κ3) is 3.41. The van der Waals surface area contributed by atoms with Crippen LogP contribution in [0.2, 0.25) is 10.0 Å². The number of hydrogen-bond donors (Lipinski definition) is 0. The van der Waals surface area contributed by atoms with Crippen molar-refractivity contribution >= 4 is 58.0 Å². The van der Waals surface area contributed by atoms with E-state index in [1.54, 1.807) is 18.2 Å².